The molecule has 1 heterocycles. The molecule has 0 aliphatic heterocycles. The number of carbonyl (C=O) groups is 1. The molecule has 4 nitrogen and oxygen atoms in total. The van der Waals surface area contributed by atoms with Gasteiger partial charge in [0.2, 0.25) is 0 Å². The maximum atomic E-state index is 13.1. The molecule has 20 heavy (non-hydrogen) atoms. The van der Waals surface area contributed by atoms with Crippen LogP contribution in [-0.2, 0) is 0 Å². The number of halogens is 2. The molecule has 0 atom stereocenters. The zero-order valence-electron chi connectivity index (χ0n) is 11.2. The molecule has 1 aromatic heterocycles. The molecule has 1 amide bonds. The Hall–Kier alpha value is -2.01. The highest BCUT2D eigenvalue weighted by molar-refractivity contribution is 6.31. The molecule has 0 bridgehead atoms. The van der Waals surface area contributed by atoms with E-state index < -0.39 is 5.82 Å². The first-order valence-corrected chi connectivity index (χ1v) is 6.50. The molecule has 106 valence electrons. The standard InChI is InChI=1S/C14H15ClFN3O/c1-8(2)19-7-9(17)5-13(19)14(20)18-10-3-4-12(16)11(15)6-10/h3-8H,17H2,1-2H3,(H,18,20). The van der Waals surface area contributed by atoms with Crippen LogP contribution in [0.2, 0.25) is 5.02 Å². The summed E-state index contributed by atoms with van der Waals surface area (Å²) in [6, 6.07) is 5.71. The van der Waals surface area contributed by atoms with Crippen LogP contribution in [0.3, 0.4) is 0 Å². The van der Waals surface area contributed by atoms with Crippen molar-refractivity contribution < 1.29 is 9.18 Å². The molecule has 0 saturated carbocycles. The lowest BCUT2D eigenvalue weighted by atomic mass is 10.3. The van der Waals surface area contributed by atoms with Gasteiger partial charge in [-0.3, -0.25) is 4.79 Å². The Balaban J connectivity index is 2.26. The number of anilines is 2. The summed E-state index contributed by atoms with van der Waals surface area (Å²) in [6.45, 7) is 3.90. The van der Waals surface area contributed by atoms with Crippen molar-refractivity contribution in [3.63, 3.8) is 0 Å². The van der Waals surface area contributed by atoms with E-state index in [1.807, 2.05) is 13.8 Å². The summed E-state index contributed by atoms with van der Waals surface area (Å²) in [4.78, 5) is 12.2. The fourth-order valence-electron chi connectivity index (χ4n) is 1.88. The van der Waals surface area contributed by atoms with Crippen LogP contribution < -0.4 is 11.1 Å². The van der Waals surface area contributed by atoms with E-state index in [9.17, 15) is 9.18 Å². The van der Waals surface area contributed by atoms with Gasteiger partial charge in [0.15, 0.2) is 0 Å². The lowest BCUT2D eigenvalue weighted by Crippen LogP contribution is -2.17. The highest BCUT2D eigenvalue weighted by Crippen LogP contribution is 2.21. The maximum Gasteiger partial charge on any atom is 0.272 e. The van der Waals surface area contributed by atoms with Gasteiger partial charge in [-0.15, -0.1) is 0 Å². The molecule has 6 heteroatoms. The van der Waals surface area contributed by atoms with E-state index in [1.54, 1.807) is 16.8 Å². The first-order valence-electron chi connectivity index (χ1n) is 6.12. The molecular formula is C14H15ClFN3O. The van der Waals surface area contributed by atoms with Crippen molar-refractivity contribution in [1.29, 1.82) is 0 Å². The van der Waals surface area contributed by atoms with Crippen LogP contribution in [0.25, 0.3) is 0 Å². The summed E-state index contributed by atoms with van der Waals surface area (Å²) in [5.41, 5.74) is 7.11. The van der Waals surface area contributed by atoms with Gasteiger partial charge in [-0.25, -0.2) is 4.39 Å². The van der Waals surface area contributed by atoms with Crippen LogP contribution in [0.15, 0.2) is 30.5 Å². The fraction of sp³-hybridized carbons (Fsp3) is 0.214. The number of nitrogens with two attached hydrogens (primary N) is 1. The second kappa shape index (κ2) is 5.54. The minimum absolute atomic E-state index is 0.0402. The molecule has 3 N–H and O–H groups in total. The molecule has 2 aromatic rings. The number of carbonyl (C=O) groups excluding carboxylic acids is 1. The lowest BCUT2D eigenvalue weighted by molar-refractivity contribution is 0.101. The Morgan fingerprint density at radius 2 is 2.10 bits per heavy atom. The van der Waals surface area contributed by atoms with Gasteiger partial charge in [-0.1, -0.05) is 11.6 Å². The second-order valence-electron chi connectivity index (χ2n) is 4.74. The Labute approximate surface area is 121 Å². The normalized spacial score (nSPS) is 10.8. The monoisotopic (exact) mass is 295 g/mol. The van der Waals surface area contributed by atoms with Crippen molar-refractivity contribution in [2.75, 3.05) is 11.1 Å². The van der Waals surface area contributed by atoms with Crippen molar-refractivity contribution in [2.24, 2.45) is 0 Å². The van der Waals surface area contributed by atoms with Crippen LogP contribution in [-0.4, -0.2) is 10.5 Å². The number of aromatic nitrogens is 1. The molecule has 0 saturated heterocycles. The van der Waals surface area contributed by atoms with Gasteiger partial charge < -0.3 is 15.6 Å². The highest BCUT2D eigenvalue weighted by Gasteiger charge is 2.15. The van der Waals surface area contributed by atoms with Crippen molar-refractivity contribution in [2.45, 2.75) is 19.9 Å². The van der Waals surface area contributed by atoms with E-state index in [0.29, 0.717) is 17.1 Å². The molecule has 0 unspecified atom stereocenters. The number of benzene rings is 1. The van der Waals surface area contributed by atoms with Gasteiger partial charge in [0.05, 0.1) is 10.7 Å². The average molecular weight is 296 g/mol. The number of hydrogen-bond acceptors (Lipinski definition) is 2. The third kappa shape index (κ3) is 2.93. The maximum absolute atomic E-state index is 13.1. The predicted octanol–water partition coefficient (Wildman–Crippen LogP) is 3.70. The fourth-order valence-corrected chi connectivity index (χ4v) is 2.06. The highest BCUT2D eigenvalue weighted by atomic mass is 35.5. The molecule has 0 radical (unpaired) electrons. The smallest absolute Gasteiger partial charge is 0.272 e. The van der Waals surface area contributed by atoms with E-state index in [2.05, 4.69) is 5.32 Å². The van der Waals surface area contributed by atoms with Gasteiger partial charge >= 0.3 is 0 Å². The SMILES string of the molecule is CC(C)n1cc(N)cc1C(=O)Nc1ccc(F)c(Cl)c1. The van der Waals surface area contributed by atoms with Crippen LogP contribution in [0.1, 0.15) is 30.4 Å². The van der Waals surface area contributed by atoms with E-state index in [1.165, 1.54) is 18.2 Å². The van der Waals surface area contributed by atoms with E-state index >= 15 is 0 Å². The summed E-state index contributed by atoms with van der Waals surface area (Å²) in [6.07, 6.45) is 1.71. The number of hydrogen-bond donors (Lipinski definition) is 2. The van der Waals surface area contributed by atoms with E-state index in [-0.39, 0.29) is 17.0 Å². The average Bonchev–Trinajstić information content (AvgIpc) is 2.76. The minimum atomic E-state index is -0.528. The first-order chi connectivity index (χ1) is 9.38. The molecule has 0 spiro atoms. The Kier molecular flexibility index (Phi) is 3.99. The van der Waals surface area contributed by atoms with Gasteiger partial charge in [0.25, 0.3) is 5.91 Å². The summed E-state index contributed by atoms with van der Waals surface area (Å²) < 4.78 is 14.8. The van der Waals surface area contributed by atoms with E-state index in [4.69, 9.17) is 17.3 Å². The molecule has 1 aromatic carbocycles. The molecule has 2 rings (SSSR count). The van der Waals surface area contributed by atoms with Crippen LogP contribution in [0, 0.1) is 5.82 Å². The summed E-state index contributed by atoms with van der Waals surface area (Å²) in [5, 5.41) is 2.63. The Morgan fingerprint density at radius 3 is 2.70 bits per heavy atom. The third-order valence-electron chi connectivity index (χ3n) is 2.84. The number of rotatable bonds is 3. The summed E-state index contributed by atoms with van der Waals surface area (Å²) >= 11 is 5.68. The van der Waals surface area contributed by atoms with Gasteiger partial charge in [-0.2, -0.15) is 0 Å². The molecule has 0 fully saturated rings. The molecular weight excluding hydrogens is 281 g/mol. The second-order valence-corrected chi connectivity index (χ2v) is 5.15. The van der Waals surface area contributed by atoms with E-state index in [0.717, 1.165) is 0 Å². The van der Waals surface area contributed by atoms with Crippen molar-refractivity contribution >= 4 is 28.9 Å². The number of nitrogen functional groups attached to an aromatic ring is 1. The number of nitrogens with zero attached hydrogens (tertiary/aromatic N) is 1. The van der Waals surface area contributed by atoms with Crippen LogP contribution in [0.5, 0.6) is 0 Å². The summed E-state index contributed by atoms with van der Waals surface area (Å²) in [5.74, 6) is -0.849. The molecule has 0 aliphatic carbocycles. The quantitative estimate of drug-likeness (QED) is 0.907. The first kappa shape index (κ1) is 14.4. The Bertz CT molecular complexity index is 652. The van der Waals surface area contributed by atoms with Crippen LogP contribution in [0.4, 0.5) is 15.8 Å². The topological polar surface area (TPSA) is 60.0 Å². The van der Waals surface area contributed by atoms with Gasteiger partial charge in [-0.05, 0) is 38.1 Å². The zero-order chi connectivity index (χ0) is 14.9. The lowest BCUT2D eigenvalue weighted by Gasteiger charge is -2.12. The Morgan fingerprint density at radius 1 is 1.40 bits per heavy atom. The number of amides is 1. The van der Waals surface area contributed by atoms with Crippen molar-refractivity contribution in [3.8, 4) is 0 Å². The summed E-state index contributed by atoms with van der Waals surface area (Å²) in [7, 11) is 0. The molecule has 0 aliphatic rings. The van der Waals surface area contributed by atoms with Gasteiger partial charge in [0, 0.05) is 17.9 Å². The third-order valence-corrected chi connectivity index (χ3v) is 3.13. The van der Waals surface area contributed by atoms with Crippen molar-refractivity contribution in [1.82, 2.24) is 4.57 Å². The van der Waals surface area contributed by atoms with Crippen LogP contribution >= 0.6 is 11.6 Å². The largest absolute Gasteiger partial charge is 0.397 e. The van der Waals surface area contributed by atoms with Gasteiger partial charge in [0.1, 0.15) is 11.5 Å². The predicted molar refractivity (Wildman–Crippen MR) is 78.6 cm³/mol. The van der Waals surface area contributed by atoms with Crippen molar-refractivity contribution in [3.05, 3.63) is 47.0 Å². The zero-order valence-corrected chi connectivity index (χ0v) is 11.9. The minimum Gasteiger partial charge on any atom is -0.397 e. The number of nitrogens with one attached hydrogen (secondary N) is 1.